The second-order valence-electron chi connectivity index (χ2n) is 4.03. The zero-order chi connectivity index (χ0) is 13.2. The number of benzene rings is 2. The first-order valence-corrected chi connectivity index (χ1v) is 7.75. The normalized spacial score (nSPS) is 10.6. The van der Waals surface area contributed by atoms with Gasteiger partial charge in [-0.1, -0.05) is 57.9 Å². The quantitative estimate of drug-likeness (QED) is 0.561. The number of aromatic nitrogens is 1. The molecular weight excluding hydrogens is 342 g/mol. The Hall–Kier alpha value is -1.16. The van der Waals surface area contributed by atoms with Gasteiger partial charge in [0.25, 0.3) is 0 Å². The van der Waals surface area contributed by atoms with Crippen molar-refractivity contribution in [1.82, 2.24) is 4.98 Å². The second kappa shape index (κ2) is 5.45. The molecule has 0 aliphatic carbocycles. The van der Waals surface area contributed by atoms with Gasteiger partial charge in [-0.25, -0.2) is 4.98 Å². The average molecular weight is 351 g/mol. The van der Waals surface area contributed by atoms with Crippen molar-refractivity contribution in [2.45, 2.75) is 0 Å². The van der Waals surface area contributed by atoms with Gasteiger partial charge in [0.15, 0.2) is 0 Å². The molecule has 1 heterocycles. The van der Waals surface area contributed by atoms with E-state index in [1.165, 1.54) is 0 Å². The summed E-state index contributed by atoms with van der Waals surface area (Å²) in [6.45, 7) is 0. The molecule has 0 fully saturated rings. The number of nitrogens with zero attached hydrogens (tertiary/aromatic N) is 1. The van der Waals surface area contributed by atoms with Gasteiger partial charge in [-0.15, -0.1) is 11.3 Å². The van der Waals surface area contributed by atoms with E-state index < -0.39 is 0 Å². The fourth-order valence-corrected chi connectivity index (χ4v) is 3.47. The highest BCUT2D eigenvalue weighted by molar-refractivity contribution is 9.10. The van der Waals surface area contributed by atoms with Crippen LogP contribution in [-0.4, -0.2) is 4.98 Å². The Labute approximate surface area is 129 Å². The molecule has 0 spiro atoms. The van der Waals surface area contributed by atoms with E-state index in [1.807, 2.05) is 42.5 Å². The predicted octanol–water partition coefficient (Wildman–Crippen LogP) is 5.89. The zero-order valence-electron chi connectivity index (χ0n) is 9.81. The Kier molecular flexibility index (Phi) is 3.69. The highest BCUT2D eigenvalue weighted by Gasteiger charge is 2.09. The molecule has 4 heteroatoms. The van der Waals surface area contributed by atoms with E-state index in [0.717, 1.165) is 31.3 Å². The van der Waals surface area contributed by atoms with Crippen LogP contribution in [-0.2, 0) is 0 Å². The van der Waals surface area contributed by atoms with Gasteiger partial charge in [0.2, 0.25) is 0 Å². The summed E-state index contributed by atoms with van der Waals surface area (Å²) < 4.78 is 1.06. The second-order valence-corrected chi connectivity index (χ2v) is 6.18. The number of thiazole rings is 1. The van der Waals surface area contributed by atoms with E-state index >= 15 is 0 Å². The van der Waals surface area contributed by atoms with Crippen LogP contribution < -0.4 is 0 Å². The standard InChI is InChI=1S/C15H9BrClNS/c16-13-7-2-1-6-12(13)15-18-14(9-19-15)10-4-3-5-11(17)8-10/h1-9H. The fourth-order valence-electron chi connectivity index (χ4n) is 1.81. The molecule has 0 aliphatic heterocycles. The third-order valence-electron chi connectivity index (χ3n) is 2.73. The van der Waals surface area contributed by atoms with Crippen molar-refractivity contribution in [3.63, 3.8) is 0 Å². The molecule has 0 saturated heterocycles. The maximum atomic E-state index is 6.01. The molecule has 0 N–H and O–H groups in total. The highest BCUT2D eigenvalue weighted by atomic mass is 79.9. The summed E-state index contributed by atoms with van der Waals surface area (Å²) in [6, 6.07) is 15.9. The van der Waals surface area contributed by atoms with Crippen molar-refractivity contribution in [3.05, 3.63) is 63.4 Å². The minimum atomic E-state index is 0.730. The van der Waals surface area contributed by atoms with E-state index in [4.69, 9.17) is 11.6 Å². The van der Waals surface area contributed by atoms with E-state index in [2.05, 4.69) is 32.4 Å². The van der Waals surface area contributed by atoms with Gasteiger partial charge in [0.05, 0.1) is 5.69 Å². The Morgan fingerprint density at radius 2 is 1.89 bits per heavy atom. The van der Waals surface area contributed by atoms with E-state index in [0.29, 0.717) is 0 Å². The van der Waals surface area contributed by atoms with Gasteiger partial charge in [-0.05, 0) is 18.2 Å². The van der Waals surface area contributed by atoms with E-state index in [1.54, 1.807) is 11.3 Å². The first-order valence-electron chi connectivity index (χ1n) is 5.70. The Balaban J connectivity index is 2.03. The lowest BCUT2D eigenvalue weighted by Crippen LogP contribution is -1.80. The summed E-state index contributed by atoms with van der Waals surface area (Å²) in [4.78, 5) is 4.68. The minimum Gasteiger partial charge on any atom is -0.236 e. The molecule has 3 aromatic rings. The maximum Gasteiger partial charge on any atom is 0.125 e. The van der Waals surface area contributed by atoms with Crippen molar-refractivity contribution >= 4 is 38.9 Å². The van der Waals surface area contributed by atoms with Crippen molar-refractivity contribution in [3.8, 4) is 21.8 Å². The fraction of sp³-hybridized carbons (Fsp3) is 0. The SMILES string of the molecule is Clc1cccc(-c2csc(-c3ccccc3Br)n2)c1. The number of halogens is 2. The van der Waals surface area contributed by atoms with Crippen molar-refractivity contribution < 1.29 is 0 Å². The van der Waals surface area contributed by atoms with Crippen LogP contribution in [0.3, 0.4) is 0 Å². The third kappa shape index (κ3) is 2.73. The molecule has 0 atom stereocenters. The van der Waals surface area contributed by atoms with Crippen molar-refractivity contribution in [1.29, 1.82) is 0 Å². The van der Waals surface area contributed by atoms with Crippen LogP contribution in [0.25, 0.3) is 21.8 Å². The van der Waals surface area contributed by atoms with Gasteiger partial charge >= 0.3 is 0 Å². The van der Waals surface area contributed by atoms with Crippen LogP contribution in [0.5, 0.6) is 0 Å². The first-order chi connectivity index (χ1) is 9.24. The lowest BCUT2D eigenvalue weighted by atomic mass is 10.2. The minimum absolute atomic E-state index is 0.730. The topological polar surface area (TPSA) is 12.9 Å². The zero-order valence-corrected chi connectivity index (χ0v) is 13.0. The van der Waals surface area contributed by atoms with Crippen LogP contribution in [0.15, 0.2) is 58.4 Å². The smallest absolute Gasteiger partial charge is 0.125 e. The lowest BCUT2D eigenvalue weighted by molar-refractivity contribution is 1.40. The number of hydrogen-bond acceptors (Lipinski definition) is 2. The van der Waals surface area contributed by atoms with Crippen LogP contribution in [0.2, 0.25) is 5.02 Å². The summed E-state index contributed by atoms with van der Waals surface area (Å²) in [6.07, 6.45) is 0. The Bertz CT molecular complexity index is 723. The Morgan fingerprint density at radius 1 is 1.05 bits per heavy atom. The van der Waals surface area contributed by atoms with E-state index in [9.17, 15) is 0 Å². The van der Waals surface area contributed by atoms with Gasteiger partial charge < -0.3 is 0 Å². The molecule has 1 aromatic heterocycles. The molecule has 19 heavy (non-hydrogen) atoms. The summed E-state index contributed by atoms with van der Waals surface area (Å²) in [5, 5.41) is 3.79. The monoisotopic (exact) mass is 349 g/mol. The molecule has 0 aliphatic rings. The molecule has 0 bridgehead atoms. The molecule has 94 valence electrons. The molecule has 2 aromatic carbocycles. The molecule has 3 rings (SSSR count). The molecule has 0 amide bonds. The van der Waals surface area contributed by atoms with Crippen LogP contribution in [0, 0.1) is 0 Å². The largest absolute Gasteiger partial charge is 0.236 e. The molecule has 0 radical (unpaired) electrons. The van der Waals surface area contributed by atoms with Gasteiger partial charge in [-0.3, -0.25) is 0 Å². The molecule has 0 unspecified atom stereocenters. The third-order valence-corrected chi connectivity index (χ3v) is 4.53. The van der Waals surface area contributed by atoms with Crippen molar-refractivity contribution in [2.75, 3.05) is 0 Å². The Morgan fingerprint density at radius 3 is 2.68 bits per heavy atom. The van der Waals surface area contributed by atoms with Crippen molar-refractivity contribution in [2.24, 2.45) is 0 Å². The summed E-state index contributed by atoms with van der Waals surface area (Å²) >= 11 is 11.2. The summed E-state index contributed by atoms with van der Waals surface area (Å²) in [5.41, 5.74) is 3.11. The average Bonchev–Trinajstić information content (AvgIpc) is 2.89. The predicted molar refractivity (Wildman–Crippen MR) is 85.7 cm³/mol. The van der Waals surface area contributed by atoms with Crippen LogP contribution in [0.1, 0.15) is 0 Å². The van der Waals surface area contributed by atoms with Crippen LogP contribution >= 0.6 is 38.9 Å². The summed E-state index contributed by atoms with van der Waals surface area (Å²) in [7, 11) is 0. The highest BCUT2D eigenvalue weighted by Crippen LogP contribution is 2.33. The molecule has 0 saturated carbocycles. The number of rotatable bonds is 2. The maximum absolute atomic E-state index is 6.01. The first kappa shape index (κ1) is 12.9. The number of hydrogen-bond donors (Lipinski definition) is 0. The van der Waals surface area contributed by atoms with Gasteiger partial charge in [0.1, 0.15) is 5.01 Å². The summed E-state index contributed by atoms with van der Waals surface area (Å²) in [5.74, 6) is 0. The molecular formula is C15H9BrClNS. The molecule has 1 nitrogen and oxygen atoms in total. The van der Waals surface area contributed by atoms with Gasteiger partial charge in [0, 0.05) is 26.0 Å². The lowest BCUT2D eigenvalue weighted by Gasteiger charge is -1.99. The van der Waals surface area contributed by atoms with Gasteiger partial charge in [-0.2, -0.15) is 0 Å². The van der Waals surface area contributed by atoms with Crippen LogP contribution in [0.4, 0.5) is 0 Å². The van der Waals surface area contributed by atoms with E-state index in [-0.39, 0.29) is 0 Å².